The van der Waals surface area contributed by atoms with Crippen LogP contribution in [0.15, 0.2) is 48.7 Å². The first kappa shape index (κ1) is 33.0. The Morgan fingerprint density at radius 2 is 1.80 bits per heavy atom. The lowest BCUT2D eigenvalue weighted by molar-refractivity contribution is -0.317. The van der Waals surface area contributed by atoms with Gasteiger partial charge in [-0.3, -0.25) is 0 Å². The maximum Gasteiger partial charge on any atom is 0.366 e. The van der Waals surface area contributed by atoms with Crippen molar-refractivity contribution in [1.82, 2.24) is 0 Å². The Morgan fingerprint density at radius 3 is 2.52 bits per heavy atom. The van der Waals surface area contributed by atoms with Crippen molar-refractivity contribution in [3.63, 3.8) is 0 Å². The van der Waals surface area contributed by atoms with E-state index in [1.54, 1.807) is 13.0 Å². The van der Waals surface area contributed by atoms with Crippen LogP contribution in [0, 0.1) is 34.0 Å². The van der Waals surface area contributed by atoms with Crippen molar-refractivity contribution in [1.29, 1.82) is 0 Å². The molecule has 16 atom stereocenters. The van der Waals surface area contributed by atoms with Gasteiger partial charge in [0.25, 0.3) is 5.79 Å². The minimum Gasteiger partial charge on any atom is -0.469 e. The van der Waals surface area contributed by atoms with Gasteiger partial charge in [-0.15, -0.1) is 0 Å². The number of aliphatic hydroxyl groups is 3. The van der Waals surface area contributed by atoms with E-state index in [4.69, 9.17) is 37.9 Å². The molecule has 3 saturated carbocycles. The van der Waals surface area contributed by atoms with Crippen LogP contribution >= 0.6 is 0 Å². The molecular formula is C37H44O13. The minimum atomic E-state index is -2.10. The molecule has 0 amide bonds. The number of carbonyl (C=O) groups is 2. The topological polar surface area (TPSA) is 169 Å². The summed E-state index contributed by atoms with van der Waals surface area (Å²) in [6.45, 7) is 5.53. The van der Waals surface area contributed by atoms with Crippen molar-refractivity contribution in [3.8, 4) is 0 Å². The number of hydrogen-bond donors (Lipinski definition) is 3. The molecular weight excluding hydrogens is 652 g/mol. The number of rotatable bonds is 5. The van der Waals surface area contributed by atoms with Crippen LogP contribution in [-0.2, 0) is 47.5 Å². The Morgan fingerprint density at radius 1 is 1.04 bits per heavy atom. The van der Waals surface area contributed by atoms with Crippen LogP contribution in [0.1, 0.15) is 39.2 Å². The average Bonchev–Trinajstić information content (AvgIpc) is 3.86. The Hall–Kier alpha value is -2.88. The van der Waals surface area contributed by atoms with Crippen molar-refractivity contribution in [3.05, 3.63) is 54.3 Å². The summed E-state index contributed by atoms with van der Waals surface area (Å²) < 4.78 is 50.3. The minimum absolute atomic E-state index is 0.00907. The Kier molecular flexibility index (Phi) is 6.70. The highest BCUT2D eigenvalue weighted by atomic mass is 16.7. The van der Waals surface area contributed by atoms with E-state index in [2.05, 4.69) is 0 Å². The number of esters is 2. The molecule has 5 aliphatic heterocycles. The quantitative estimate of drug-likeness (QED) is 0.299. The first-order valence-electron chi connectivity index (χ1n) is 17.3. The molecule has 0 radical (unpaired) electrons. The molecule has 5 heterocycles. The Balaban J connectivity index is 1.25. The van der Waals surface area contributed by atoms with Crippen molar-refractivity contribution in [2.75, 3.05) is 27.4 Å². The number of benzene rings is 1. The number of ether oxygens (including phenoxy) is 8. The molecule has 2 bridgehead atoms. The fraction of sp³-hybridized carbons (Fsp3) is 0.676. The zero-order valence-corrected chi connectivity index (χ0v) is 28.6. The van der Waals surface area contributed by atoms with Gasteiger partial charge in [0, 0.05) is 53.6 Å². The molecule has 8 aliphatic rings. The standard InChI is InChI=1S/C37H44O13/c1-31-17-46-25-26(31)34(22(16-21(31)38)48-24(39)12-11-19-9-7-6-8-10-19)18-47-36(44-5,29(40)43-4)28(34)32(2)27(25)50-33(3)20-15-23(37(32,33)42)49-30-35(20,41)13-14-45-30/h6-14,20-23,25-28,30,38,41-42H,15-18H2,1-5H3/b12-11+/t20?,21-,22+,23+,25?,26?,27?,28?,30+,31-,32-,33-,34?,35+,36+,37+/m1/s1. The summed E-state index contributed by atoms with van der Waals surface area (Å²) in [5, 5.41) is 37.5. The monoisotopic (exact) mass is 696 g/mol. The van der Waals surface area contributed by atoms with E-state index in [1.165, 1.54) is 32.6 Å². The largest absolute Gasteiger partial charge is 0.469 e. The van der Waals surface area contributed by atoms with Crippen molar-refractivity contribution in [2.45, 2.75) is 93.0 Å². The Labute approximate surface area is 289 Å². The third-order valence-electron chi connectivity index (χ3n) is 14.5. The lowest BCUT2D eigenvalue weighted by atomic mass is 9.37. The average molecular weight is 697 g/mol. The highest BCUT2D eigenvalue weighted by Gasteiger charge is 2.94. The fourth-order valence-corrected chi connectivity index (χ4v) is 12.5. The Bertz CT molecular complexity index is 1680. The molecule has 50 heavy (non-hydrogen) atoms. The van der Waals surface area contributed by atoms with E-state index in [9.17, 15) is 24.9 Å². The molecule has 1 spiro atoms. The maximum atomic E-state index is 14.2. The first-order chi connectivity index (χ1) is 23.7. The predicted molar refractivity (Wildman–Crippen MR) is 169 cm³/mol. The van der Waals surface area contributed by atoms with Crippen LogP contribution in [0.25, 0.3) is 6.08 Å². The second-order valence-corrected chi connectivity index (χ2v) is 16.1. The molecule has 13 nitrogen and oxygen atoms in total. The van der Waals surface area contributed by atoms with Gasteiger partial charge in [-0.25, -0.2) is 9.59 Å². The lowest BCUT2D eigenvalue weighted by Crippen LogP contribution is -2.78. The summed E-state index contributed by atoms with van der Waals surface area (Å²) in [4.78, 5) is 27.9. The summed E-state index contributed by atoms with van der Waals surface area (Å²) in [6, 6.07) is 9.30. The molecule has 3 aliphatic carbocycles. The summed E-state index contributed by atoms with van der Waals surface area (Å²) in [5.41, 5.74) is -7.83. The van der Waals surface area contributed by atoms with Crippen LogP contribution < -0.4 is 0 Å². The highest BCUT2D eigenvalue weighted by Crippen LogP contribution is 2.80. The zero-order valence-electron chi connectivity index (χ0n) is 28.6. The van der Waals surface area contributed by atoms with Gasteiger partial charge < -0.3 is 53.2 Å². The summed E-state index contributed by atoms with van der Waals surface area (Å²) in [6.07, 6.45) is 0.492. The second kappa shape index (κ2) is 10.2. The molecule has 6 unspecified atom stereocenters. The van der Waals surface area contributed by atoms with Gasteiger partial charge in [-0.2, -0.15) is 0 Å². The van der Waals surface area contributed by atoms with E-state index < -0.39 is 105 Å². The molecule has 13 heteroatoms. The van der Waals surface area contributed by atoms with Crippen LogP contribution in [0.4, 0.5) is 0 Å². The SMILES string of the molecule is COC(=O)[C@@]1(OC)OCC23C1[C@@]1(C)C(O[C@]4(C)C5C[C@H](O[C@@H]6OC=C[C@]56O)[C@]14O)C1OC[C@@](C)(C12)[C@H](O)C[C@@H]3OC(=O)/C=C/c1ccccc1. The number of hydrogen-bond acceptors (Lipinski definition) is 13. The van der Waals surface area contributed by atoms with E-state index in [1.807, 2.05) is 44.2 Å². The van der Waals surface area contributed by atoms with Crippen LogP contribution in [0.2, 0.25) is 0 Å². The van der Waals surface area contributed by atoms with E-state index in [-0.39, 0.29) is 26.1 Å². The third-order valence-corrected chi connectivity index (χ3v) is 14.5. The van der Waals surface area contributed by atoms with Gasteiger partial charge >= 0.3 is 11.9 Å². The number of methoxy groups -OCH3 is 2. The van der Waals surface area contributed by atoms with E-state index in [0.29, 0.717) is 0 Å². The highest BCUT2D eigenvalue weighted by molar-refractivity contribution is 5.87. The molecule has 1 aromatic carbocycles. The third kappa shape index (κ3) is 3.43. The molecule has 0 aromatic heterocycles. The summed E-state index contributed by atoms with van der Waals surface area (Å²) in [5.74, 6) is -5.97. The normalized spacial score (nSPS) is 54.8. The molecule has 9 rings (SSSR count). The van der Waals surface area contributed by atoms with E-state index in [0.717, 1.165) is 5.56 Å². The molecule has 4 saturated heterocycles. The van der Waals surface area contributed by atoms with Gasteiger partial charge in [-0.1, -0.05) is 44.2 Å². The molecule has 7 fully saturated rings. The van der Waals surface area contributed by atoms with Crippen LogP contribution in [0.5, 0.6) is 0 Å². The van der Waals surface area contributed by atoms with Crippen molar-refractivity contribution in [2.24, 2.45) is 34.0 Å². The first-order valence-corrected chi connectivity index (χ1v) is 17.3. The van der Waals surface area contributed by atoms with Gasteiger partial charge in [0.1, 0.15) is 17.3 Å². The van der Waals surface area contributed by atoms with Crippen molar-refractivity contribution >= 4 is 18.0 Å². The predicted octanol–water partition coefficient (Wildman–Crippen LogP) is 1.47. The van der Waals surface area contributed by atoms with Gasteiger partial charge in [0.05, 0.1) is 51.0 Å². The molecule has 3 N–H and O–H groups in total. The van der Waals surface area contributed by atoms with Crippen LogP contribution in [0.3, 0.4) is 0 Å². The van der Waals surface area contributed by atoms with Gasteiger partial charge in [0.2, 0.25) is 6.29 Å². The molecule has 270 valence electrons. The van der Waals surface area contributed by atoms with Gasteiger partial charge in [-0.05, 0) is 31.1 Å². The van der Waals surface area contributed by atoms with Crippen molar-refractivity contribution < 1.29 is 62.8 Å². The van der Waals surface area contributed by atoms with Crippen LogP contribution in [-0.4, -0.2) is 114 Å². The zero-order chi connectivity index (χ0) is 35.3. The second-order valence-electron chi connectivity index (χ2n) is 16.1. The fourth-order valence-electron chi connectivity index (χ4n) is 12.5. The number of aliphatic hydroxyl groups excluding tert-OH is 1. The molecule has 1 aromatic rings. The summed E-state index contributed by atoms with van der Waals surface area (Å²) in [7, 11) is 2.58. The number of fused-ring (bicyclic) bond motifs is 11. The van der Waals surface area contributed by atoms with E-state index >= 15 is 0 Å². The lowest BCUT2D eigenvalue weighted by Gasteiger charge is -2.66. The number of carbonyl (C=O) groups excluding carboxylic acids is 2. The van der Waals surface area contributed by atoms with Gasteiger partial charge in [0.15, 0.2) is 5.60 Å². The smallest absolute Gasteiger partial charge is 0.366 e. The summed E-state index contributed by atoms with van der Waals surface area (Å²) >= 11 is 0. The maximum absolute atomic E-state index is 14.2.